The van der Waals surface area contributed by atoms with Gasteiger partial charge in [-0.25, -0.2) is 0 Å². The van der Waals surface area contributed by atoms with Crippen LogP contribution in [0.5, 0.6) is 0 Å². The predicted octanol–water partition coefficient (Wildman–Crippen LogP) is 4.69. The molecule has 1 rings (SSSR count). The van der Waals surface area contributed by atoms with E-state index < -0.39 is 0 Å². The van der Waals surface area contributed by atoms with Crippen LogP contribution in [-0.2, 0) is 0 Å². The lowest BCUT2D eigenvalue weighted by molar-refractivity contribution is 0.0994. The van der Waals surface area contributed by atoms with Crippen molar-refractivity contribution in [3.8, 4) is 0 Å². The van der Waals surface area contributed by atoms with Gasteiger partial charge in [-0.2, -0.15) is 11.8 Å². The fourth-order valence-electron chi connectivity index (χ4n) is 1.38. The van der Waals surface area contributed by atoms with Gasteiger partial charge >= 0.3 is 0 Å². The Bertz CT molecular complexity index is 378. The number of Topliss-reactive ketones (excluding diaryl/α,β-unsaturated/α-hetero) is 1. The number of hydrogen-bond donors (Lipinski definition) is 0. The number of halogens is 1. The van der Waals surface area contributed by atoms with Crippen molar-refractivity contribution in [1.29, 1.82) is 0 Å². The molecule has 1 aromatic rings. The minimum atomic E-state index is 0.00228. The zero-order valence-electron chi connectivity index (χ0n) is 10.6. The Kier molecular flexibility index (Phi) is 6.07. The molecule has 0 bridgehead atoms. The van der Waals surface area contributed by atoms with E-state index in [1.165, 1.54) is 0 Å². The van der Waals surface area contributed by atoms with Gasteiger partial charge in [-0.05, 0) is 30.7 Å². The molecule has 0 amide bonds. The highest BCUT2D eigenvalue weighted by molar-refractivity contribution is 8.00. The molecule has 0 saturated heterocycles. The van der Waals surface area contributed by atoms with Crippen molar-refractivity contribution in [3.63, 3.8) is 0 Å². The first kappa shape index (κ1) is 14.6. The van der Waals surface area contributed by atoms with Crippen molar-refractivity contribution in [2.45, 2.75) is 32.4 Å². The van der Waals surface area contributed by atoms with Crippen molar-refractivity contribution < 1.29 is 4.79 Å². The third-order valence-electron chi connectivity index (χ3n) is 2.81. The molecular weight excluding hydrogens is 252 g/mol. The highest BCUT2D eigenvalue weighted by Gasteiger charge is 2.16. The van der Waals surface area contributed by atoms with E-state index >= 15 is 0 Å². The molecule has 0 radical (unpaired) electrons. The Morgan fingerprint density at radius 1 is 1.41 bits per heavy atom. The Labute approximate surface area is 113 Å². The maximum absolute atomic E-state index is 12.1. The van der Waals surface area contributed by atoms with Gasteiger partial charge in [-0.1, -0.05) is 44.0 Å². The van der Waals surface area contributed by atoms with Crippen LogP contribution in [0.3, 0.4) is 0 Å². The van der Waals surface area contributed by atoms with Gasteiger partial charge < -0.3 is 0 Å². The second-order valence-corrected chi connectivity index (χ2v) is 6.17. The molecule has 17 heavy (non-hydrogen) atoms. The van der Waals surface area contributed by atoms with Crippen LogP contribution < -0.4 is 0 Å². The molecule has 0 saturated carbocycles. The molecule has 2 unspecified atom stereocenters. The summed E-state index contributed by atoms with van der Waals surface area (Å²) in [6.45, 7) is 6.36. The summed E-state index contributed by atoms with van der Waals surface area (Å²) in [4.78, 5) is 12.1. The number of hydrogen-bond acceptors (Lipinski definition) is 2. The predicted molar refractivity (Wildman–Crippen MR) is 77.2 cm³/mol. The molecular formula is C14H19ClOS. The van der Waals surface area contributed by atoms with Gasteiger partial charge in [-0.3, -0.25) is 4.79 Å². The van der Waals surface area contributed by atoms with E-state index in [9.17, 15) is 4.79 Å². The van der Waals surface area contributed by atoms with Gasteiger partial charge in [0.1, 0.15) is 0 Å². The summed E-state index contributed by atoms with van der Waals surface area (Å²) >= 11 is 7.61. The number of carbonyl (C=O) groups is 1. The van der Waals surface area contributed by atoms with E-state index in [1.807, 2.05) is 19.1 Å². The number of rotatable bonds is 6. The van der Waals surface area contributed by atoms with E-state index in [0.29, 0.717) is 16.5 Å². The van der Waals surface area contributed by atoms with Gasteiger partial charge in [-0.15, -0.1) is 0 Å². The maximum atomic E-state index is 12.1. The molecule has 0 aromatic heterocycles. The minimum absolute atomic E-state index is 0.00228. The lowest BCUT2D eigenvalue weighted by Crippen LogP contribution is -2.15. The first-order valence-corrected chi connectivity index (χ1v) is 7.38. The number of benzene rings is 1. The van der Waals surface area contributed by atoms with Crippen LogP contribution >= 0.6 is 23.4 Å². The Hall–Kier alpha value is -0.470. The molecule has 0 aliphatic heterocycles. The highest BCUT2D eigenvalue weighted by Crippen LogP contribution is 2.21. The van der Waals surface area contributed by atoms with Crippen LogP contribution in [0.25, 0.3) is 0 Å². The van der Waals surface area contributed by atoms with E-state index in [1.54, 1.807) is 23.9 Å². The zero-order chi connectivity index (χ0) is 12.8. The molecule has 94 valence electrons. The molecule has 0 heterocycles. The van der Waals surface area contributed by atoms with Gasteiger partial charge in [0.25, 0.3) is 0 Å². The summed E-state index contributed by atoms with van der Waals surface area (Å²) in [5, 5.41) is 0.623. The average Bonchev–Trinajstić information content (AvgIpc) is 2.34. The Balaban J connectivity index is 2.58. The monoisotopic (exact) mass is 270 g/mol. The Morgan fingerprint density at radius 3 is 2.71 bits per heavy atom. The largest absolute Gasteiger partial charge is 0.293 e. The van der Waals surface area contributed by atoms with E-state index in [2.05, 4.69) is 13.8 Å². The fraction of sp³-hybridized carbons (Fsp3) is 0.500. The lowest BCUT2D eigenvalue weighted by atomic mass is 10.1. The SMILES string of the molecule is CCC(C)CSC(C)C(=O)c1cccc(Cl)c1. The third-order valence-corrected chi connectivity index (χ3v) is 4.52. The minimum Gasteiger partial charge on any atom is -0.293 e. The van der Waals surface area contributed by atoms with Crippen molar-refractivity contribution in [2.24, 2.45) is 5.92 Å². The van der Waals surface area contributed by atoms with Crippen LogP contribution in [0, 0.1) is 5.92 Å². The summed E-state index contributed by atoms with van der Waals surface area (Å²) in [5.74, 6) is 1.86. The number of thioether (sulfide) groups is 1. The van der Waals surface area contributed by atoms with E-state index in [0.717, 1.165) is 12.2 Å². The molecule has 0 aliphatic rings. The zero-order valence-corrected chi connectivity index (χ0v) is 12.1. The van der Waals surface area contributed by atoms with E-state index in [4.69, 9.17) is 11.6 Å². The van der Waals surface area contributed by atoms with Gasteiger partial charge in [0.05, 0.1) is 5.25 Å². The average molecular weight is 271 g/mol. The second kappa shape index (κ2) is 7.07. The molecule has 3 heteroatoms. The van der Waals surface area contributed by atoms with Crippen LogP contribution in [0.4, 0.5) is 0 Å². The standard InChI is InChI=1S/C14H19ClOS/c1-4-10(2)9-17-11(3)14(16)12-6-5-7-13(15)8-12/h5-8,10-11H,4,9H2,1-3H3. The maximum Gasteiger partial charge on any atom is 0.175 e. The summed E-state index contributed by atoms with van der Waals surface area (Å²) in [6, 6.07) is 7.18. The van der Waals surface area contributed by atoms with Crippen LogP contribution in [0.1, 0.15) is 37.6 Å². The van der Waals surface area contributed by atoms with Crippen LogP contribution in [0.15, 0.2) is 24.3 Å². The highest BCUT2D eigenvalue weighted by atomic mass is 35.5. The first-order chi connectivity index (χ1) is 8.04. The van der Waals surface area contributed by atoms with Crippen LogP contribution in [0.2, 0.25) is 5.02 Å². The lowest BCUT2D eigenvalue weighted by Gasteiger charge is -2.13. The molecule has 1 aromatic carbocycles. The molecule has 1 nitrogen and oxygen atoms in total. The molecule has 2 atom stereocenters. The normalized spacial score (nSPS) is 14.4. The van der Waals surface area contributed by atoms with Crippen molar-refractivity contribution >= 4 is 29.1 Å². The van der Waals surface area contributed by atoms with Gasteiger partial charge in [0.2, 0.25) is 0 Å². The molecule has 0 fully saturated rings. The smallest absolute Gasteiger partial charge is 0.175 e. The Morgan fingerprint density at radius 2 is 2.12 bits per heavy atom. The molecule has 0 aliphatic carbocycles. The van der Waals surface area contributed by atoms with Crippen molar-refractivity contribution in [2.75, 3.05) is 5.75 Å². The second-order valence-electron chi connectivity index (χ2n) is 4.36. The summed E-state index contributed by atoms with van der Waals surface area (Å²) in [7, 11) is 0. The van der Waals surface area contributed by atoms with Crippen molar-refractivity contribution in [1.82, 2.24) is 0 Å². The number of carbonyl (C=O) groups excluding carboxylic acids is 1. The summed E-state index contributed by atoms with van der Waals surface area (Å²) in [6.07, 6.45) is 1.16. The van der Waals surface area contributed by atoms with Crippen molar-refractivity contribution in [3.05, 3.63) is 34.9 Å². The summed E-state index contributed by atoms with van der Waals surface area (Å²) < 4.78 is 0. The first-order valence-electron chi connectivity index (χ1n) is 5.96. The summed E-state index contributed by atoms with van der Waals surface area (Å²) in [5.41, 5.74) is 0.710. The molecule has 0 N–H and O–H groups in total. The quantitative estimate of drug-likeness (QED) is 0.698. The van der Waals surface area contributed by atoms with Crippen LogP contribution in [-0.4, -0.2) is 16.8 Å². The topological polar surface area (TPSA) is 17.1 Å². The fourth-order valence-corrected chi connectivity index (χ4v) is 2.71. The van der Waals surface area contributed by atoms with Gasteiger partial charge in [0, 0.05) is 10.6 Å². The van der Waals surface area contributed by atoms with E-state index in [-0.39, 0.29) is 11.0 Å². The third kappa shape index (κ3) is 4.72. The van der Waals surface area contributed by atoms with Gasteiger partial charge in [0.15, 0.2) is 5.78 Å². The molecule has 0 spiro atoms. The number of ketones is 1.